The predicted molar refractivity (Wildman–Crippen MR) is 127 cm³/mol. The van der Waals surface area contributed by atoms with Crippen LogP contribution in [0.25, 0.3) is 5.76 Å². The van der Waals surface area contributed by atoms with Gasteiger partial charge >= 0.3 is 0 Å². The van der Waals surface area contributed by atoms with Crippen molar-refractivity contribution in [1.29, 1.82) is 0 Å². The average molecular weight is 472 g/mol. The lowest BCUT2D eigenvalue weighted by Gasteiger charge is -2.26. The van der Waals surface area contributed by atoms with Gasteiger partial charge < -0.3 is 24.2 Å². The zero-order valence-corrected chi connectivity index (χ0v) is 19.1. The van der Waals surface area contributed by atoms with E-state index in [1.807, 2.05) is 19.1 Å². The minimum Gasteiger partial charge on any atom is -0.507 e. The molecule has 8 heteroatoms. The van der Waals surface area contributed by atoms with Gasteiger partial charge in [-0.25, -0.2) is 0 Å². The quantitative estimate of drug-likeness (QED) is 0.330. The first-order chi connectivity index (χ1) is 17.1. The first-order valence-electron chi connectivity index (χ1n) is 11.4. The van der Waals surface area contributed by atoms with Crippen LogP contribution in [0.1, 0.15) is 29.7 Å². The van der Waals surface area contributed by atoms with E-state index in [9.17, 15) is 14.7 Å². The number of aliphatic hydroxyl groups excluding tert-OH is 1. The summed E-state index contributed by atoms with van der Waals surface area (Å²) in [7, 11) is 0. The molecule has 1 fully saturated rings. The Labute approximate surface area is 202 Å². The van der Waals surface area contributed by atoms with Gasteiger partial charge in [0.05, 0.1) is 18.2 Å². The van der Waals surface area contributed by atoms with E-state index in [-0.39, 0.29) is 17.9 Å². The lowest BCUT2D eigenvalue weighted by Crippen LogP contribution is -2.29. The Morgan fingerprint density at radius 3 is 2.60 bits per heavy atom. The molecular formula is C27H24N2O6. The molecule has 0 spiro atoms. The van der Waals surface area contributed by atoms with E-state index in [1.165, 1.54) is 4.90 Å². The third kappa shape index (κ3) is 4.30. The molecule has 2 aliphatic rings. The third-order valence-corrected chi connectivity index (χ3v) is 5.94. The second-order valence-electron chi connectivity index (χ2n) is 8.15. The van der Waals surface area contributed by atoms with Crippen LogP contribution in [0, 0.1) is 0 Å². The van der Waals surface area contributed by atoms with Gasteiger partial charge in [-0.15, -0.1) is 0 Å². The number of aliphatic hydroxyl groups is 1. The number of hydrogen-bond donors (Lipinski definition) is 1. The van der Waals surface area contributed by atoms with E-state index in [2.05, 4.69) is 4.98 Å². The highest BCUT2D eigenvalue weighted by Gasteiger charge is 2.46. The highest BCUT2D eigenvalue weighted by atomic mass is 16.6. The molecule has 1 N–H and O–H groups in total. The minimum atomic E-state index is -0.809. The van der Waals surface area contributed by atoms with Crippen LogP contribution in [0.4, 0.5) is 0 Å². The summed E-state index contributed by atoms with van der Waals surface area (Å²) in [6.07, 6.45) is 3.26. The van der Waals surface area contributed by atoms with Gasteiger partial charge in [-0.05, 0) is 60.5 Å². The van der Waals surface area contributed by atoms with Gasteiger partial charge in [-0.2, -0.15) is 0 Å². The van der Waals surface area contributed by atoms with Crippen LogP contribution in [0.15, 0.2) is 72.6 Å². The number of carbonyl (C=O) groups excluding carboxylic acids is 2. The maximum absolute atomic E-state index is 13.3. The number of benzene rings is 2. The largest absolute Gasteiger partial charge is 0.507 e. The Kier molecular flexibility index (Phi) is 6.10. The second-order valence-corrected chi connectivity index (χ2v) is 8.15. The highest BCUT2D eigenvalue weighted by molar-refractivity contribution is 6.46. The third-order valence-electron chi connectivity index (χ3n) is 5.94. The number of likely N-dealkylation sites (tertiary alicyclic amines) is 1. The summed E-state index contributed by atoms with van der Waals surface area (Å²) in [6, 6.07) is 14.9. The van der Waals surface area contributed by atoms with E-state index in [4.69, 9.17) is 14.2 Å². The van der Waals surface area contributed by atoms with Crippen molar-refractivity contribution >= 4 is 17.4 Å². The second kappa shape index (κ2) is 9.50. The van der Waals surface area contributed by atoms with Crippen molar-refractivity contribution in [2.75, 3.05) is 19.8 Å². The fourth-order valence-electron chi connectivity index (χ4n) is 4.36. The number of hydrogen-bond acceptors (Lipinski definition) is 7. The first-order valence-corrected chi connectivity index (χ1v) is 11.4. The van der Waals surface area contributed by atoms with Crippen molar-refractivity contribution in [2.45, 2.75) is 19.5 Å². The monoisotopic (exact) mass is 472 g/mol. The zero-order valence-electron chi connectivity index (χ0n) is 19.1. The van der Waals surface area contributed by atoms with Gasteiger partial charge in [-0.1, -0.05) is 12.1 Å². The van der Waals surface area contributed by atoms with Crippen molar-refractivity contribution in [2.24, 2.45) is 0 Å². The van der Waals surface area contributed by atoms with E-state index in [0.717, 1.165) is 5.56 Å². The summed E-state index contributed by atoms with van der Waals surface area (Å²) < 4.78 is 16.8. The van der Waals surface area contributed by atoms with Crippen LogP contribution < -0.4 is 14.2 Å². The molecule has 2 aromatic carbocycles. The Morgan fingerprint density at radius 2 is 1.83 bits per heavy atom. The van der Waals surface area contributed by atoms with Crippen molar-refractivity contribution < 1.29 is 28.9 Å². The lowest BCUT2D eigenvalue weighted by molar-refractivity contribution is -0.140. The van der Waals surface area contributed by atoms with Crippen molar-refractivity contribution in [1.82, 2.24) is 9.88 Å². The average Bonchev–Trinajstić information content (AvgIpc) is 3.14. The summed E-state index contributed by atoms with van der Waals surface area (Å²) in [4.78, 5) is 32.0. The van der Waals surface area contributed by atoms with Gasteiger partial charge in [0.2, 0.25) is 0 Å². The highest BCUT2D eigenvalue weighted by Crippen LogP contribution is 2.42. The van der Waals surface area contributed by atoms with Gasteiger partial charge in [-0.3, -0.25) is 14.6 Å². The number of amides is 1. The van der Waals surface area contributed by atoms with Crippen molar-refractivity contribution in [3.63, 3.8) is 0 Å². The Morgan fingerprint density at radius 1 is 1.06 bits per heavy atom. The number of Topliss-reactive ketones (excluding diaryl/α,β-unsaturated/α-hetero) is 1. The molecule has 0 aliphatic carbocycles. The number of carbonyl (C=O) groups is 2. The normalized spacial score (nSPS) is 18.5. The van der Waals surface area contributed by atoms with Crippen LogP contribution in [0.3, 0.4) is 0 Å². The molecule has 0 bridgehead atoms. The van der Waals surface area contributed by atoms with E-state index in [1.54, 1.807) is 54.9 Å². The fourth-order valence-corrected chi connectivity index (χ4v) is 4.36. The smallest absolute Gasteiger partial charge is 0.295 e. The summed E-state index contributed by atoms with van der Waals surface area (Å²) in [5, 5.41) is 11.3. The summed E-state index contributed by atoms with van der Waals surface area (Å²) in [5.74, 6) is -0.0673. The van der Waals surface area contributed by atoms with Gasteiger partial charge in [0.1, 0.15) is 24.7 Å². The molecule has 1 atom stereocenters. The summed E-state index contributed by atoms with van der Waals surface area (Å²) in [6.45, 7) is 3.35. The Bertz CT molecular complexity index is 1300. The molecular weight excluding hydrogens is 448 g/mol. The van der Waals surface area contributed by atoms with Gasteiger partial charge in [0.25, 0.3) is 11.7 Å². The van der Waals surface area contributed by atoms with Crippen LogP contribution in [0.2, 0.25) is 0 Å². The summed E-state index contributed by atoms with van der Waals surface area (Å²) in [5.41, 5.74) is 1.84. The fraction of sp³-hybridized carbons (Fsp3) is 0.222. The van der Waals surface area contributed by atoms with E-state index >= 15 is 0 Å². The summed E-state index contributed by atoms with van der Waals surface area (Å²) >= 11 is 0. The zero-order chi connectivity index (χ0) is 24.4. The van der Waals surface area contributed by atoms with Gasteiger partial charge in [0.15, 0.2) is 11.5 Å². The molecule has 1 amide bonds. The number of rotatable bonds is 6. The van der Waals surface area contributed by atoms with Crippen LogP contribution in [0.5, 0.6) is 17.2 Å². The molecule has 178 valence electrons. The maximum atomic E-state index is 13.3. The molecule has 0 saturated carbocycles. The molecule has 1 unspecified atom stereocenters. The van der Waals surface area contributed by atoms with Crippen LogP contribution >= 0.6 is 0 Å². The van der Waals surface area contributed by atoms with Gasteiger partial charge in [0, 0.05) is 24.5 Å². The number of fused-ring (bicyclic) bond motifs is 1. The lowest BCUT2D eigenvalue weighted by atomic mass is 9.95. The Hall–Kier alpha value is -4.33. The molecule has 1 saturated heterocycles. The molecule has 1 aromatic heterocycles. The molecule has 3 heterocycles. The number of ether oxygens (including phenoxy) is 3. The standard InChI is InChI=1S/C27H24N2O6/c1-2-33-20-5-3-4-18(14-20)24-23(25(30)19-6-7-21-22(15-19)35-13-12-34-21)26(31)27(32)29(24)16-17-8-10-28-11-9-17/h3-11,14-15,24,30H,2,12-13,16H2,1H3/b25-23-. The molecule has 2 aliphatic heterocycles. The minimum absolute atomic E-state index is 0.00869. The molecule has 8 nitrogen and oxygen atoms in total. The molecule has 3 aromatic rings. The number of ketones is 1. The predicted octanol–water partition coefficient (Wildman–Crippen LogP) is 3.87. The number of nitrogens with zero attached hydrogens (tertiary/aromatic N) is 2. The Balaban J connectivity index is 1.63. The topological polar surface area (TPSA) is 98.2 Å². The SMILES string of the molecule is CCOc1cccc(C2/C(=C(/O)c3ccc4c(c3)OCCO4)C(=O)C(=O)N2Cc2ccncc2)c1. The van der Waals surface area contributed by atoms with Crippen LogP contribution in [-0.2, 0) is 16.1 Å². The van der Waals surface area contributed by atoms with Crippen molar-refractivity contribution in [3.8, 4) is 17.2 Å². The number of pyridine rings is 1. The first kappa shape index (κ1) is 22.5. The van der Waals surface area contributed by atoms with E-state index < -0.39 is 17.7 Å². The number of aromatic nitrogens is 1. The molecule has 5 rings (SSSR count). The van der Waals surface area contributed by atoms with Crippen molar-refractivity contribution in [3.05, 3.63) is 89.3 Å². The molecule has 35 heavy (non-hydrogen) atoms. The maximum Gasteiger partial charge on any atom is 0.295 e. The van der Waals surface area contributed by atoms with Crippen LogP contribution in [-0.4, -0.2) is 46.5 Å². The molecule has 0 radical (unpaired) electrons. The van der Waals surface area contributed by atoms with E-state index in [0.29, 0.717) is 48.2 Å².